The highest BCUT2D eigenvalue weighted by molar-refractivity contribution is 5.49. The van der Waals surface area contributed by atoms with Gasteiger partial charge in [0.1, 0.15) is 0 Å². The summed E-state index contributed by atoms with van der Waals surface area (Å²) in [7, 11) is 0. The molecule has 1 saturated heterocycles. The van der Waals surface area contributed by atoms with Crippen LogP contribution in [0, 0.1) is 0 Å². The average Bonchev–Trinajstić information content (AvgIpc) is 2.87. The Morgan fingerprint density at radius 1 is 1.28 bits per heavy atom. The second-order valence-corrected chi connectivity index (χ2v) is 5.37. The quantitative estimate of drug-likeness (QED) is 0.871. The fourth-order valence-corrected chi connectivity index (χ4v) is 3.19. The standard InChI is InChI=1S/C15H21NO2/c1-11(17)12-5-7-13(8-6-12)16-9-10-18-15-4-2-3-14(15)16/h5-8,11,14-15,17H,2-4,9-10H2,1H3/t11-,14?,15?/m1/s1. The van der Waals surface area contributed by atoms with E-state index in [1.807, 2.05) is 12.1 Å². The first-order valence-electron chi connectivity index (χ1n) is 6.92. The lowest BCUT2D eigenvalue weighted by atomic mass is 10.1. The molecule has 1 aromatic rings. The Hall–Kier alpha value is -1.06. The monoisotopic (exact) mass is 247 g/mol. The molecule has 2 aliphatic rings. The molecule has 1 heterocycles. The largest absolute Gasteiger partial charge is 0.389 e. The van der Waals surface area contributed by atoms with Crippen LogP contribution in [0.3, 0.4) is 0 Å². The average molecular weight is 247 g/mol. The highest BCUT2D eigenvalue weighted by Gasteiger charge is 2.36. The zero-order valence-electron chi connectivity index (χ0n) is 10.9. The Morgan fingerprint density at radius 2 is 2.06 bits per heavy atom. The van der Waals surface area contributed by atoms with Crippen LogP contribution >= 0.6 is 0 Å². The molecule has 1 aromatic carbocycles. The Morgan fingerprint density at radius 3 is 2.78 bits per heavy atom. The number of morpholine rings is 1. The normalized spacial score (nSPS) is 29.1. The number of hydrogen-bond donors (Lipinski definition) is 1. The van der Waals surface area contributed by atoms with Crippen LogP contribution in [0.15, 0.2) is 24.3 Å². The summed E-state index contributed by atoms with van der Waals surface area (Å²) in [5, 5.41) is 9.54. The minimum atomic E-state index is -0.386. The molecule has 18 heavy (non-hydrogen) atoms. The molecular formula is C15H21NO2. The molecule has 3 rings (SSSR count). The molecule has 3 nitrogen and oxygen atoms in total. The van der Waals surface area contributed by atoms with Crippen molar-refractivity contribution in [2.24, 2.45) is 0 Å². The fourth-order valence-electron chi connectivity index (χ4n) is 3.19. The second kappa shape index (κ2) is 4.90. The van der Waals surface area contributed by atoms with Gasteiger partial charge in [0.05, 0.1) is 24.9 Å². The lowest BCUT2D eigenvalue weighted by Gasteiger charge is -2.39. The van der Waals surface area contributed by atoms with Gasteiger partial charge >= 0.3 is 0 Å². The van der Waals surface area contributed by atoms with Crippen molar-refractivity contribution >= 4 is 5.69 Å². The summed E-state index contributed by atoms with van der Waals surface area (Å²) in [4.78, 5) is 2.48. The highest BCUT2D eigenvalue weighted by atomic mass is 16.5. The molecule has 0 spiro atoms. The predicted octanol–water partition coefficient (Wildman–Crippen LogP) is 2.50. The van der Waals surface area contributed by atoms with E-state index in [0.717, 1.165) is 18.7 Å². The number of benzene rings is 1. The van der Waals surface area contributed by atoms with Crippen LogP contribution in [0.1, 0.15) is 37.9 Å². The molecule has 1 N–H and O–H groups in total. The Balaban J connectivity index is 1.80. The summed E-state index contributed by atoms with van der Waals surface area (Å²) < 4.78 is 5.83. The number of rotatable bonds is 2. The van der Waals surface area contributed by atoms with E-state index in [1.165, 1.54) is 24.9 Å². The third-order valence-electron chi connectivity index (χ3n) is 4.19. The summed E-state index contributed by atoms with van der Waals surface area (Å²) in [6.07, 6.45) is 3.76. The first-order chi connectivity index (χ1) is 8.75. The van der Waals surface area contributed by atoms with Crippen molar-refractivity contribution < 1.29 is 9.84 Å². The van der Waals surface area contributed by atoms with Crippen LogP contribution in [0.2, 0.25) is 0 Å². The van der Waals surface area contributed by atoms with Gasteiger partial charge in [0.2, 0.25) is 0 Å². The summed E-state index contributed by atoms with van der Waals surface area (Å²) in [6.45, 7) is 3.62. The molecule has 0 bridgehead atoms. The zero-order valence-corrected chi connectivity index (χ0v) is 10.9. The first kappa shape index (κ1) is 12.0. The number of anilines is 1. The summed E-state index contributed by atoms with van der Waals surface area (Å²) in [5.41, 5.74) is 2.24. The van der Waals surface area contributed by atoms with Crippen LogP contribution in [0.4, 0.5) is 5.69 Å². The number of nitrogens with zero attached hydrogens (tertiary/aromatic N) is 1. The van der Waals surface area contributed by atoms with E-state index < -0.39 is 0 Å². The number of aliphatic hydroxyl groups is 1. The first-order valence-corrected chi connectivity index (χ1v) is 6.92. The fraction of sp³-hybridized carbons (Fsp3) is 0.600. The molecule has 3 heteroatoms. The number of ether oxygens (including phenoxy) is 1. The number of fused-ring (bicyclic) bond motifs is 1. The molecule has 2 fully saturated rings. The molecule has 1 aliphatic carbocycles. The highest BCUT2D eigenvalue weighted by Crippen LogP contribution is 2.33. The van der Waals surface area contributed by atoms with E-state index in [2.05, 4.69) is 17.0 Å². The molecule has 1 aliphatic heterocycles. The van der Waals surface area contributed by atoms with Crippen LogP contribution in [-0.4, -0.2) is 30.4 Å². The van der Waals surface area contributed by atoms with Gasteiger partial charge in [0.25, 0.3) is 0 Å². The van der Waals surface area contributed by atoms with Gasteiger partial charge in [-0.3, -0.25) is 0 Å². The summed E-state index contributed by atoms with van der Waals surface area (Å²) >= 11 is 0. The Bertz CT molecular complexity index is 401. The van der Waals surface area contributed by atoms with E-state index in [9.17, 15) is 5.11 Å². The Kier molecular flexibility index (Phi) is 3.27. The maximum absolute atomic E-state index is 9.54. The van der Waals surface area contributed by atoms with Crippen molar-refractivity contribution in [2.45, 2.75) is 44.4 Å². The SMILES string of the molecule is C[C@@H](O)c1ccc(N2CCOC3CCCC32)cc1. The molecule has 1 saturated carbocycles. The van der Waals surface area contributed by atoms with Crippen molar-refractivity contribution in [1.29, 1.82) is 0 Å². The minimum Gasteiger partial charge on any atom is -0.389 e. The van der Waals surface area contributed by atoms with Gasteiger partial charge in [-0.2, -0.15) is 0 Å². The lowest BCUT2D eigenvalue weighted by Crippen LogP contribution is -2.48. The molecule has 0 aromatic heterocycles. The predicted molar refractivity (Wildman–Crippen MR) is 71.8 cm³/mol. The van der Waals surface area contributed by atoms with Crippen LogP contribution in [0.25, 0.3) is 0 Å². The zero-order chi connectivity index (χ0) is 12.5. The molecule has 3 atom stereocenters. The van der Waals surface area contributed by atoms with E-state index in [0.29, 0.717) is 12.1 Å². The number of aliphatic hydroxyl groups excluding tert-OH is 1. The van der Waals surface area contributed by atoms with Gasteiger partial charge in [-0.05, 0) is 43.9 Å². The van der Waals surface area contributed by atoms with Gasteiger partial charge in [0.15, 0.2) is 0 Å². The lowest BCUT2D eigenvalue weighted by molar-refractivity contribution is 0.0256. The molecule has 2 unspecified atom stereocenters. The third kappa shape index (κ3) is 2.13. The molecular weight excluding hydrogens is 226 g/mol. The van der Waals surface area contributed by atoms with Gasteiger partial charge in [0, 0.05) is 12.2 Å². The summed E-state index contributed by atoms with van der Waals surface area (Å²) in [5.74, 6) is 0. The maximum Gasteiger partial charge on any atom is 0.0779 e. The number of hydrogen-bond acceptors (Lipinski definition) is 3. The van der Waals surface area contributed by atoms with E-state index >= 15 is 0 Å². The van der Waals surface area contributed by atoms with Gasteiger partial charge in [-0.1, -0.05) is 12.1 Å². The topological polar surface area (TPSA) is 32.7 Å². The van der Waals surface area contributed by atoms with Gasteiger partial charge in [-0.25, -0.2) is 0 Å². The van der Waals surface area contributed by atoms with Gasteiger partial charge in [-0.15, -0.1) is 0 Å². The van der Waals surface area contributed by atoms with Crippen molar-refractivity contribution in [3.8, 4) is 0 Å². The molecule has 0 amide bonds. The maximum atomic E-state index is 9.54. The van der Waals surface area contributed by atoms with Crippen LogP contribution < -0.4 is 4.90 Å². The van der Waals surface area contributed by atoms with Crippen LogP contribution in [-0.2, 0) is 4.74 Å². The second-order valence-electron chi connectivity index (χ2n) is 5.37. The third-order valence-corrected chi connectivity index (χ3v) is 4.19. The van der Waals surface area contributed by atoms with Crippen molar-refractivity contribution in [1.82, 2.24) is 0 Å². The Labute approximate surface area is 108 Å². The molecule has 98 valence electrons. The van der Waals surface area contributed by atoms with Crippen molar-refractivity contribution in [2.75, 3.05) is 18.1 Å². The smallest absolute Gasteiger partial charge is 0.0779 e. The van der Waals surface area contributed by atoms with Crippen molar-refractivity contribution in [3.63, 3.8) is 0 Å². The van der Waals surface area contributed by atoms with E-state index in [-0.39, 0.29) is 6.10 Å². The summed E-state index contributed by atoms with van der Waals surface area (Å²) in [6, 6.07) is 8.86. The van der Waals surface area contributed by atoms with E-state index in [1.54, 1.807) is 6.92 Å². The van der Waals surface area contributed by atoms with Crippen LogP contribution in [0.5, 0.6) is 0 Å². The van der Waals surface area contributed by atoms with Gasteiger partial charge < -0.3 is 14.7 Å². The minimum absolute atomic E-state index is 0.386. The van der Waals surface area contributed by atoms with E-state index in [4.69, 9.17) is 4.74 Å². The van der Waals surface area contributed by atoms with Crippen molar-refractivity contribution in [3.05, 3.63) is 29.8 Å². The molecule has 0 radical (unpaired) electrons.